The number of nitrogens with zero attached hydrogens (tertiary/aromatic N) is 2. The predicted octanol–water partition coefficient (Wildman–Crippen LogP) is 9.47. The van der Waals surface area contributed by atoms with Crippen molar-refractivity contribution in [3.63, 3.8) is 0 Å². The van der Waals surface area contributed by atoms with E-state index in [9.17, 15) is 27.6 Å². The molecule has 358 valence electrons. The van der Waals surface area contributed by atoms with Crippen molar-refractivity contribution in [1.82, 2.24) is 0 Å². The fourth-order valence-corrected chi connectivity index (χ4v) is 9.35. The molecule has 3 unspecified atom stereocenters. The van der Waals surface area contributed by atoms with Gasteiger partial charge in [-0.2, -0.15) is 8.42 Å². The van der Waals surface area contributed by atoms with Crippen LogP contribution in [-0.2, 0) is 66.9 Å². The number of carbonyl (C=O) groups excluding carboxylic acids is 4. The van der Waals surface area contributed by atoms with Gasteiger partial charge >= 0.3 is 11.9 Å². The van der Waals surface area contributed by atoms with E-state index in [0.717, 1.165) is 53.6 Å². The van der Waals surface area contributed by atoms with Crippen molar-refractivity contribution in [2.24, 2.45) is 5.92 Å². The molecule has 0 N–H and O–H groups in total. The van der Waals surface area contributed by atoms with Gasteiger partial charge < -0.3 is 28.7 Å². The monoisotopic (exact) mass is 928 g/mol. The van der Waals surface area contributed by atoms with Gasteiger partial charge in [-0.3, -0.25) is 23.4 Å². The van der Waals surface area contributed by atoms with Crippen molar-refractivity contribution >= 4 is 45.2 Å². The lowest BCUT2D eigenvalue weighted by molar-refractivity contribution is -0.153. The van der Waals surface area contributed by atoms with Crippen LogP contribution in [0.5, 0.6) is 11.5 Å². The molecule has 3 atom stereocenters. The van der Waals surface area contributed by atoms with Crippen molar-refractivity contribution in [3.8, 4) is 11.5 Å². The lowest BCUT2D eigenvalue weighted by atomic mass is 9.66. The average molecular weight is 929 g/mol. The highest BCUT2D eigenvalue weighted by atomic mass is 32.2. The molecule has 2 amide bonds. The number of esters is 2. The van der Waals surface area contributed by atoms with E-state index >= 15 is 0 Å². The van der Waals surface area contributed by atoms with Crippen LogP contribution in [0.3, 0.4) is 0 Å². The lowest BCUT2D eigenvalue weighted by Gasteiger charge is -2.36. The molecule has 2 heterocycles. The van der Waals surface area contributed by atoms with Gasteiger partial charge in [-0.15, -0.1) is 0 Å². The number of amides is 2. The van der Waals surface area contributed by atoms with Crippen LogP contribution >= 0.6 is 0 Å². The van der Waals surface area contributed by atoms with Gasteiger partial charge in [0.25, 0.3) is 10.1 Å². The second-order valence-corrected chi connectivity index (χ2v) is 17.5. The molecule has 14 heteroatoms. The fraction of sp³-hybridized carbons (Fsp3) is 0.462. The van der Waals surface area contributed by atoms with Gasteiger partial charge in [0.15, 0.2) is 0 Å². The summed E-state index contributed by atoms with van der Waals surface area (Å²) in [4.78, 5) is 56.6. The molecule has 66 heavy (non-hydrogen) atoms. The van der Waals surface area contributed by atoms with Crippen LogP contribution in [0.1, 0.15) is 109 Å². The zero-order valence-electron chi connectivity index (χ0n) is 40.1. The van der Waals surface area contributed by atoms with Gasteiger partial charge in [0.05, 0.1) is 64.2 Å². The molecule has 2 bridgehead atoms. The van der Waals surface area contributed by atoms with Crippen LogP contribution in [0.2, 0.25) is 0 Å². The minimum Gasteiger partial charge on any atom is -0.497 e. The number of carbonyl (C=O) groups is 4. The Morgan fingerprint density at radius 3 is 1.71 bits per heavy atom. The Morgan fingerprint density at radius 2 is 1.18 bits per heavy atom. The molecule has 4 aromatic carbocycles. The zero-order chi connectivity index (χ0) is 48.5. The molecule has 7 rings (SSSR count). The maximum Gasteiger partial charge on any atom is 0.316 e. The van der Waals surface area contributed by atoms with E-state index in [-0.39, 0.29) is 56.2 Å². The van der Waals surface area contributed by atoms with Crippen LogP contribution in [0, 0.1) is 5.92 Å². The molecule has 1 aliphatic carbocycles. The first-order valence-electron chi connectivity index (χ1n) is 23.0. The highest BCUT2D eigenvalue weighted by Crippen LogP contribution is 2.50. The maximum absolute atomic E-state index is 13.5. The highest BCUT2D eigenvalue weighted by Gasteiger charge is 2.52. The second kappa shape index (κ2) is 24.7. The van der Waals surface area contributed by atoms with Crippen molar-refractivity contribution in [1.29, 1.82) is 0 Å². The Morgan fingerprint density at radius 1 is 0.682 bits per heavy atom. The quantitative estimate of drug-likeness (QED) is 0.0877. The minimum atomic E-state index is -3.68. The molecule has 0 spiro atoms. The van der Waals surface area contributed by atoms with Gasteiger partial charge in [-0.25, -0.2) is 0 Å². The van der Waals surface area contributed by atoms with Crippen LogP contribution in [0.15, 0.2) is 97.1 Å². The third kappa shape index (κ3) is 12.4. The summed E-state index contributed by atoms with van der Waals surface area (Å²) in [5.41, 5.74) is 2.96. The molecule has 0 saturated heterocycles. The summed E-state index contributed by atoms with van der Waals surface area (Å²) in [6, 6.07) is 30.2. The number of ether oxygens (including phenoxy) is 4. The molecule has 1 saturated carbocycles. The summed E-state index contributed by atoms with van der Waals surface area (Å²) >= 11 is 0. The van der Waals surface area contributed by atoms with E-state index in [2.05, 4.69) is 0 Å². The Balaban J connectivity index is 0.000000270. The van der Waals surface area contributed by atoms with E-state index in [1.165, 1.54) is 0 Å². The topological polar surface area (TPSA) is 155 Å². The Hall–Kier alpha value is -5.73. The normalized spacial score (nSPS) is 19.6. The van der Waals surface area contributed by atoms with Gasteiger partial charge in [-0.05, 0) is 105 Å². The molecule has 3 aliphatic rings. The largest absolute Gasteiger partial charge is 0.497 e. The van der Waals surface area contributed by atoms with E-state index in [1.54, 1.807) is 50.3 Å². The maximum atomic E-state index is 13.5. The number of benzene rings is 4. The molecule has 4 aromatic rings. The fourth-order valence-electron chi connectivity index (χ4n) is 8.96. The first-order valence-corrected chi connectivity index (χ1v) is 24.9. The number of anilines is 2. The average Bonchev–Trinajstić information content (AvgIpc) is 3.50. The van der Waals surface area contributed by atoms with E-state index < -0.39 is 26.9 Å². The van der Waals surface area contributed by atoms with Gasteiger partial charge in [0.2, 0.25) is 11.8 Å². The van der Waals surface area contributed by atoms with Gasteiger partial charge in [0.1, 0.15) is 11.5 Å². The van der Waals surface area contributed by atoms with E-state index in [1.807, 2.05) is 112 Å². The molecule has 13 nitrogen and oxygen atoms in total. The van der Waals surface area contributed by atoms with Crippen molar-refractivity contribution in [2.75, 3.05) is 50.1 Å². The standard InChI is InChI=1S/C24H29NO7S.C24H27NO4.2C2H6/c1-4-31-23(27)24(15-16-32-33(3,28)29)14-13-22(26)25(21-8-6-5-7-20(21)24)17-18-9-11-19(30-2)12-10-18;1-3-29-23(27)24-14-6-7-18(15-24)22(26)25(21-9-5-4-8-20(21)24)16-17-10-12-19(28-2)13-11-17;2*1-2/h5-12H,4,13-17H2,1-3H3;4-5,8-13,18H,3,6-7,14-16H2,1-2H3;2*1-2H3. The van der Waals surface area contributed by atoms with Crippen LogP contribution < -0.4 is 19.3 Å². The molecule has 0 aromatic heterocycles. The van der Waals surface area contributed by atoms with Gasteiger partial charge in [-0.1, -0.05) is 94.8 Å². The Bertz CT molecular complexity index is 2330. The number of methoxy groups -OCH3 is 2. The smallest absolute Gasteiger partial charge is 0.316 e. The molecule has 1 fully saturated rings. The van der Waals surface area contributed by atoms with Crippen molar-refractivity contribution in [2.45, 2.75) is 110 Å². The van der Waals surface area contributed by atoms with Crippen molar-refractivity contribution in [3.05, 3.63) is 119 Å². The molecular formula is C52H68N2O11S. The Labute approximate surface area is 391 Å². The summed E-state index contributed by atoms with van der Waals surface area (Å²) in [6.07, 6.45) is 4.23. The minimum absolute atomic E-state index is 0.0690. The van der Waals surface area contributed by atoms with Gasteiger partial charge in [0, 0.05) is 23.7 Å². The summed E-state index contributed by atoms with van der Waals surface area (Å²) in [7, 11) is -0.457. The number of para-hydroxylation sites is 2. The predicted molar refractivity (Wildman–Crippen MR) is 257 cm³/mol. The number of hydrogen-bond donors (Lipinski definition) is 0. The first kappa shape index (κ1) is 52.9. The second-order valence-electron chi connectivity index (χ2n) is 15.8. The summed E-state index contributed by atoms with van der Waals surface area (Å²) < 4.78 is 49.4. The number of fused-ring (bicyclic) bond motifs is 5. The summed E-state index contributed by atoms with van der Waals surface area (Å²) in [5, 5.41) is 0. The first-order chi connectivity index (χ1) is 31.8. The third-order valence-electron chi connectivity index (χ3n) is 12.0. The summed E-state index contributed by atoms with van der Waals surface area (Å²) in [5.74, 6) is 0.610. The highest BCUT2D eigenvalue weighted by molar-refractivity contribution is 7.85. The molecular weight excluding hydrogens is 861 g/mol. The lowest BCUT2D eigenvalue weighted by Crippen LogP contribution is -2.42. The van der Waals surface area contributed by atoms with E-state index in [0.29, 0.717) is 43.1 Å². The van der Waals surface area contributed by atoms with Crippen LogP contribution in [0.25, 0.3) is 0 Å². The molecule has 2 aliphatic heterocycles. The van der Waals surface area contributed by atoms with Crippen LogP contribution in [0.4, 0.5) is 11.4 Å². The van der Waals surface area contributed by atoms with E-state index in [4.69, 9.17) is 23.1 Å². The molecule has 0 radical (unpaired) electrons. The SMILES string of the molecule is CC.CC.CCOC(=O)C1(CCOS(C)(=O)=O)CCC(=O)N(Cc2ccc(OC)cc2)c2ccccc21.CCOC(=O)C12CCCC(C1)C(=O)N(Cc1ccc(OC)cc1)c1ccccc12. The van der Waals surface area contributed by atoms with Crippen LogP contribution in [-0.4, -0.2) is 72.5 Å². The Kier molecular flexibility index (Phi) is 19.8. The van der Waals surface area contributed by atoms with Crippen molar-refractivity contribution < 1.29 is 50.7 Å². The summed E-state index contributed by atoms with van der Waals surface area (Å²) in [6.45, 7) is 12.6. The number of rotatable bonds is 14. The third-order valence-corrected chi connectivity index (χ3v) is 12.6. The zero-order valence-corrected chi connectivity index (χ0v) is 40.9. The number of hydrogen-bond acceptors (Lipinski definition) is 11.